The fraction of sp³-hybridized carbons (Fsp3) is 0.684. The third-order valence-electron chi connectivity index (χ3n) is 5.07. The number of hydrogen-bond donors (Lipinski definition) is 2. The molecule has 0 bridgehead atoms. The predicted octanol–water partition coefficient (Wildman–Crippen LogP) is 1.63. The SMILES string of the molecule is CC(NCC(O)CN1CCOCC1)c1cccc(N2CCCC2)c1. The summed E-state index contributed by atoms with van der Waals surface area (Å²) in [6, 6.07) is 9.05. The minimum absolute atomic E-state index is 0.242. The Morgan fingerprint density at radius 3 is 2.67 bits per heavy atom. The van der Waals surface area contributed by atoms with Crippen LogP contribution in [-0.4, -0.2) is 68.6 Å². The Morgan fingerprint density at radius 2 is 1.92 bits per heavy atom. The van der Waals surface area contributed by atoms with E-state index in [0.29, 0.717) is 6.54 Å². The molecule has 2 aliphatic rings. The highest BCUT2D eigenvalue weighted by Crippen LogP contribution is 2.23. The number of aliphatic hydroxyl groups is 1. The molecule has 24 heavy (non-hydrogen) atoms. The van der Waals surface area contributed by atoms with Crippen molar-refractivity contribution in [1.82, 2.24) is 10.2 Å². The van der Waals surface area contributed by atoms with Crippen molar-refractivity contribution in [3.8, 4) is 0 Å². The number of benzene rings is 1. The van der Waals surface area contributed by atoms with Gasteiger partial charge in [0, 0.05) is 51.0 Å². The lowest BCUT2D eigenvalue weighted by atomic mass is 10.1. The van der Waals surface area contributed by atoms with Crippen LogP contribution >= 0.6 is 0 Å². The Bertz CT molecular complexity index is 499. The second-order valence-corrected chi connectivity index (χ2v) is 6.99. The van der Waals surface area contributed by atoms with E-state index in [-0.39, 0.29) is 12.1 Å². The van der Waals surface area contributed by atoms with E-state index in [2.05, 4.69) is 46.3 Å². The van der Waals surface area contributed by atoms with Gasteiger partial charge in [-0.3, -0.25) is 4.90 Å². The molecule has 0 saturated carbocycles. The summed E-state index contributed by atoms with van der Waals surface area (Å²) < 4.78 is 5.35. The Labute approximate surface area is 145 Å². The van der Waals surface area contributed by atoms with Gasteiger partial charge in [-0.15, -0.1) is 0 Å². The standard InChI is InChI=1S/C19H31N3O2/c1-16(20-14-19(23)15-21-9-11-24-12-10-21)17-5-4-6-18(13-17)22-7-2-3-8-22/h4-6,13,16,19-20,23H,2-3,7-12,14-15H2,1H3. The fourth-order valence-electron chi connectivity index (χ4n) is 3.54. The maximum atomic E-state index is 10.3. The van der Waals surface area contributed by atoms with Crippen LogP contribution in [0.25, 0.3) is 0 Å². The van der Waals surface area contributed by atoms with Crippen LogP contribution < -0.4 is 10.2 Å². The Morgan fingerprint density at radius 1 is 1.17 bits per heavy atom. The van der Waals surface area contributed by atoms with Gasteiger partial charge in [0.05, 0.1) is 19.3 Å². The number of hydrogen-bond acceptors (Lipinski definition) is 5. The first kappa shape index (κ1) is 17.7. The van der Waals surface area contributed by atoms with E-state index < -0.39 is 0 Å². The largest absolute Gasteiger partial charge is 0.390 e. The van der Waals surface area contributed by atoms with E-state index in [4.69, 9.17) is 4.74 Å². The van der Waals surface area contributed by atoms with E-state index in [0.717, 1.165) is 32.8 Å². The molecule has 1 aromatic carbocycles. The number of anilines is 1. The molecule has 2 N–H and O–H groups in total. The molecular formula is C19H31N3O2. The molecule has 0 amide bonds. The average molecular weight is 333 g/mol. The van der Waals surface area contributed by atoms with Gasteiger partial charge in [-0.05, 0) is 37.5 Å². The average Bonchev–Trinajstić information content (AvgIpc) is 3.15. The first-order valence-electron chi connectivity index (χ1n) is 9.29. The number of morpholine rings is 1. The van der Waals surface area contributed by atoms with Crippen molar-refractivity contribution in [2.45, 2.75) is 31.9 Å². The molecule has 0 aromatic heterocycles. The first-order chi connectivity index (χ1) is 11.7. The van der Waals surface area contributed by atoms with Gasteiger partial charge in [0.25, 0.3) is 0 Å². The molecule has 2 fully saturated rings. The quantitative estimate of drug-likeness (QED) is 0.794. The molecule has 2 saturated heterocycles. The molecular weight excluding hydrogens is 302 g/mol. The zero-order chi connectivity index (χ0) is 16.8. The summed E-state index contributed by atoms with van der Waals surface area (Å²) in [6.45, 7) is 9.25. The summed E-state index contributed by atoms with van der Waals surface area (Å²) in [5, 5.41) is 13.8. The normalized spacial score (nSPS) is 21.8. The van der Waals surface area contributed by atoms with E-state index in [1.165, 1.54) is 37.2 Å². The van der Waals surface area contributed by atoms with Crippen molar-refractivity contribution in [2.75, 3.05) is 57.4 Å². The van der Waals surface area contributed by atoms with E-state index >= 15 is 0 Å². The van der Waals surface area contributed by atoms with Crippen LogP contribution in [0.2, 0.25) is 0 Å². The second-order valence-electron chi connectivity index (χ2n) is 6.99. The van der Waals surface area contributed by atoms with Crippen LogP contribution in [0.4, 0.5) is 5.69 Å². The minimum atomic E-state index is -0.340. The summed E-state index contributed by atoms with van der Waals surface area (Å²) in [6.07, 6.45) is 2.25. The summed E-state index contributed by atoms with van der Waals surface area (Å²) in [5.74, 6) is 0. The number of nitrogens with one attached hydrogen (secondary N) is 1. The minimum Gasteiger partial charge on any atom is -0.390 e. The van der Waals surface area contributed by atoms with Gasteiger partial charge in [0.15, 0.2) is 0 Å². The molecule has 134 valence electrons. The van der Waals surface area contributed by atoms with Crippen LogP contribution in [0.1, 0.15) is 31.4 Å². The van der Waals surface area contributed by atoms with Crippen molar-refractivity contribution < 1.29 is 9.84 Å². The van der Waals surface area contributed by atoms with E-state index in [1.54, 1.807) is 0 Å². The van der Waals surface area contributed by atoms with Gasteiger partial charge in [0.2, 0.25) is 0 Å². The highest BCUT2D eigenvalue weighted by molar-refractivity contribution is 5.49. The maximum Gasteiger partial charge on any atom is 0.0791 e. The lowest BCUT2D eigenvalue weighted by Crippen LogP contribution is -2.44. The summed E-state index contributed by atoms with van der Waals surface area (Å²) in [5.41, 5.74) is 2.62. The van der Waals surface area contributed by atoms with Crippen molar-refractivity contribution in [2.24, 2.45) is 0 Å². The monoisotopic (exact) mass is 333 g/mol. The van der Waals surface area contributed by atoms with Crippen LogP contribution in [0.5, 0.6) is 0 Å². The van der Waals surface area contributed by atoms with Crippen molar-refractivity contribution in [1.29, 1.82) is 0 Å². The fourth-order valence-corrected chi connectivity index (χ4v) is 3.54. The highest BCUT2D eigenvalue weighted by atomic mass is 16.5. The Hall–Kier alpha value is -1.14. The van der Waals surface area contributed by atoms with Crippen molar-refractivity contribution in [3.63, 3.8) is 0 Å². The molecule has 5 heteroatoms. The molecule has 5 nitrogen and oxygen atoms in total. The number of nitrogens with zero attached hydrogens (tertiary/aromatic N) is 2. The first-order valence-corrected chi connectivity index (χ1v) is 9.29. The predicted molar refractivity (Wildman–Crippen MR) is 97.6 cm³/mol. The van der Waals surface area contributed by atoms with Crippen LogP contribution in [0.15, 0.2) is 24.3 Å². The molecule has 2 heterocycles. The van der Waals surface area contributed by atoms with Gasteiger partial charge < -0.3 is 20.1 Å². The number of ether oxygens (including phenoxy) is 1. The third kappa shape index (κ3) is 4.93. The summed E-state index contributed by atoms with van der Waals surface area (Å²) >= 11 is 0. The van der Waals surface area contributed by atoms with Crippen molar-refractivity contribution >= 4 is 5.69 Å². The summed E-state index contributed by atoms with van der Waals surface area (Å²) in [7, 11) is 0. The third-order valence-corrected chi connectivity index (χ3v) is 5.07. The molecule has 0 aliphatic carbocycles. The lowest BCUT2D eigenvalue weighted by molar-refractivity contribution is 0.0145. The van der Waals surface area contributed by atoms with Crippen LogP contribution in [-0.2, 0) is 4.74 Å². The molecule has 0 spiro atoms. The zero-order valence-corrected chi connectivity index (χ0v) is 14.8. The van der Waals surface area contributed by atoms with Gasteiger partial charge in [0.1, 0.15) is 0 Å². The van der Waals surface area contributed by atoms with Gasteiger partial charge in [-0.1, -0.05) is 12.1 Å². The highest BCUT2D eigenvalue weighted by Gasteiger charge is 2.17. The number of aliphatic hydroxyl groups excluding tert-OH is 1. The molecule has 2 unspecified atom stereocenters. The molecule has 1 aromatic rings. The van der Waals surface area contributed by atoms with Crippen molar-refractivity contribution in [3.05, 3.63) is 29.8 Å². The molecule has 2 aliphatic heterocycles. The Kier molecular flexibility index (Phi) is 6.49. The lowest BCUT2D eigenvalue weighted by Gasteiger charge is -2.29. The Balaban J connectivity index is 1.47. The number of β-amino-alcohol motifs (C(OH)–C–C–N with tert-alkyl or cyclic N) is 1. The maximum absolute atomic E-state index is 10.3. The van der Waals surface area contributed by atoms with Gasteiger partial charge >= 0.3 is 0 Å². The second kappa shape index (κ2) is 8.81. The summed E-state index contributed by atoms with van der Waals surface area (Å²) in [4.78, 5) is 4.73. The molecule has 2 atom stereocenters. The number of rotatable bonds is 7. The van der Waals surface area contributed by atoms with Crippen LogP contribution in [0, 0.1) is 0 Å². The van der Waals surface area contributed by atoms with Gasteiger partial charge in [-0.2, -0.15) is 0 Å². The van der Waals surface area contributed by atoms with E-state index in [9.17, 15) is 5.11 Å². The van der Waals surface area contributed by atoms with E-state index in [1.807, 2.05) is 0 Å². The smallest absolute Gasteiger partial charge is 0.0791 e. The van der Waals surface area contributed by atoms with Crippen LogP contribution in [0.3, 0.4) is 0 Å². The topological polar surface area (TPSA) is 48.0 Å². The zero-order valence-electron chi connectivity index (χ0n) is 14.8. The molecule has 3 rings (SSSR count). The molecule has 0 radical (unpaired) electrons. The van der Waals surface area contributed by atoms with Gasteiger partial charge in [-0.25, -0.2) is 0 Å².